The number of rotatable bonds is 8. The standard InChI is InChI=1S/2C15H18N.C14H15N4.3C14H16N.C13H14N/c1-11-9-13(3)15(16(4)10-11)14-8-6-5-7-12(14)2;1-11-7-5-6-8-14(11)15-9-12(2)13(3)10-16(15)4;1-16-9-8-15-13(16)14-17(2)10-11-18(14)12-6-4-3-5-7-12;1-11-7-4-5-9-13(11)14-12(2)8-6-10-15(14)3;1-11-8-9-15(3)14(10-11)13-7-5-4-6-12(13)2;1-11-8-9-14(15(3)10-11)13-7-5-4-6-12(13)2;1-11-7-3-4-8-12(11)13-9-5-6-10-14(13)2/h2*5-10H,1-4H3;3-11H,1-2H3;3*4-10H,1-3H3;3-10H,1-2H3/q7*+1. The van der Waals surface area contributed by atoms with Gasteiger partial charge in [-0.15, -0.1) is 0 Å². The molecule has 0 radical (unpaired) electrons. The molecule has 0 bridgehead atoms. The zero-order valence-corrected chi connectivity index (χ0v) is 68.3. The summed E-state index contributed by atoms with van der Waals surface area (Å²) < 4.78 is 19.3. The summed E-state index contributed by atoms with van der Waals surface area (Å²) in [5, 5.41) is 0. The van der Waals surface area contributed by atoms with Crippen molar-refractivity contribution in [2.75, 3.05) is 0 Å². The van der Waals surface area contributed by atoms with Gasteiger partial charge in [0, 0.05) is 123 Å². The average molecular weight is 1440 g/mol. The minimum Gasteiger partial charge on any atom is -0.328 e. The second kappa shape index (κ2) is 38.4. The average Bonchev–Trinajstić information content (AvgIpc) is 1.79. The number of nitrogens with zero attached hydrogens (tertiary/aromatic N) is 10. The van der Waals surface area contributed by atoms with Gasteiger partial charge in [0.25, 0.3) is 0 Å². The van der Waals surface area contributed by atoms with Gasteiger partial charge in [-0.05, 0) is 207 Å². The van der Waals surface area contributed by atoms with Crippen LogP contribution in [0.4, 0.5) is 0 Å². The van der Waals surface area contributed by atoms with Crippen LogP contribution in [0.5, 0.6) is 0 Å². The Bertz CT molecular complexity index is 5450. The number of hydrogen-bond acceptors (Lipinski definition) is 1. The number of imidazole rings is 2. The molecule has 0 saturated carbocycles. The van der Waals surface area contributed by atoms with Gasteiger partial charge in [0.15, 0.2) is 37.2 Å². The fourth-order valence-corrected chi connectivity index (χ4v) is 13.8. The maximum absolute atomic E-state index is 4.43. The van der Waals surface area contributed by atoms with Crippen molar-refractivity contribution in [3.05, 3.63) is 377 Å². The van der Waals surface area contributed by atoms with Crippen molar-refractivity contribution in [2.45, 2.75) is 90.0 Å². The highest BCUT2D eigenvalue weighted by Gasteiger charge is 2.23. The highest BCUT2D eigenvalue weighted by atomic mass is 15.2. The van der Waals surface area contributed by atoms with Crippen LogP contribution in [-0.4, -0.2) is 14.1 Å². The molecule has 0 spiro atoms. The van der Waals surface area contributed by atoms with Gasteiger partial charge in [-0.1, -0.05) is 127 Å². The first-order valence-corrected chi connectivity index (χ1v) is 37.5. The Labute approximate surface area is 650 Å². The highest BCUT2D eigenvalue weighted by Crippen LogP contribution is 2.28. The van der Waals surface area contributed by atoms with Crippen molar-refractivity contribution >= 4 is 0 Å². The van der Waals surface area contributed by atoms with E-state index in [1.807, 2.05) is 61.5 Å². The zero-order valence-electron chi connectivity index (χ0n) is 68.3. The molecule has 0 fully saturated rings. The Hall–Kier alpha value is -12.1. The summed E-state index contributed by atoms with van der Waals surface area (Å²) in [5.74, 6) is 2.01. The number of aryl methyl sites for hydroxylation is 21. The largest absolute Gasteiger partial charge is 0.330 e. The lowest BCUT2D eigenvalue weighted by molar-refractivity contribution is -0.661. The smallest absolute Gasteiger partial charge is 0.328 e. The molecule has 552 valence electrons. The first-order chi connectivity index (χ1) is 52.3. The summed E-state index contributed by atoms with van der Waals surface area (Å²) >= 11 is 0. The van der Waals surface area contributed by atoms with Crippen LogP contribution in [0.15, 0.2) is 305 Å². The van der Waals surface area contributed by atoms with Gasteiger partial charge in [0.1, 0.15) is 60.4 Å². The Morgan fingerprint density at radius 2 is 0.679 bits per heavy atom. The normalized spacial score (nSPS) is 10.4. The topological polar surface area (TPSA) is 49.9 Å². The number of pyridine rings is 6. The summed E-state index contributed by atoms with van der Waals surface area (Å²) in [7, 11) is 16.6. The minimum absolute atomic E-state index is 0.950. The third kappa shape index (κ3) is 21.1. The maximum atomic E-state index is 4.43. The molecule has 0 atom stereocenters. The molecule has 0 unspecified atom stereocenters. The molecule has 0 aliphatic heterocycles. The van der Waals surface area contributed by atoms with Gasteiger partial charge in [0.2, 0.25) is 40.0 Å². The van der Waals surface area contributed by atoms with Crippen molar-refractivity contribution < 1.29 is 32.0 Å². The van der Waals surface area contributed by atoms with E-state index in [2.05, 4.69) is 436 Å². The summed E-state index contributed by atoms with van der Waals surface area (Å²) in [6, 6.07) is 84.9. The minimum atomic E-state index is 0.950. The summed E-state index contributed by atoms with van der Waals surface area (Å²) in [6.45, 7) is 27.9. The molecule has 8 heterocycles. The van der Waals surface area contributed by atoms with Crippen molar-refractivity contribution in [1.82, 2.24) is 14.1 Å². The lowest BCUT2D eigenvalue weighted by atomic mass is 10.0. The van der Waals surface area contributed by atoms with Gasteiger partial charge in [0.05, 0.1) is 7.05 Å². The van der Waals surface area contributed by atoms with Crippen LogP contribution in [0.3, 0.4) is 0 Å². The van der Waals surface area contributed by atoms with Crippen molar-refractivity contribution in [3.8, 4) is 84.9 Å². The van der Waals surface area contributed by atoms with Crippen LogP contribution in [0.2, 0.25) is 0 Å². The third-order valence-electron chi connectivity index (χ3n) is 19.9. The molecule has 15 aromatic rings. The first-order valence-electron chi connectivity index (χ1n) is 37.5. The van der Waals surface area contributed by atoms with Gasteiger partial charge in [-0.2, -0.15) is 4.57 Å². The van der Waals surface area contributed by atoms with E-state index in [1.165, 1.54) is 140 Å². The quantitative estimate of drug-likeness (QED) is 0.140. The summed E-state index contributed by atoms with van der Waals surface area (Å²) in [5.41, 5.74) is 33.8. The molecule has 15 rings (SSSR count). The predicted molar refractivity (Wildman–Crippen MR) is 449 cm³/mol. The first kappa shape index (κ1) is 80.9. The molecule has 0 amide bonds. The molecule has 10 nitrogen and oxygen atoms in total. The Morgan fingerprint density at radius 3 is 1.16 bits per heavy atom. The Kier molecular flexibility index (Phi) is 28.5. The van der Waals surface area contributed by atoms with E-state index < -0.39 is 0 Å². The van der Waals surface area contributed by atoms with Crippen molar-refractivity contribution in [2.24, 2.45) is 56.4 Å². The van der Waals surface area contributed by atoms with Gasteiger partial charge < -0.3 is 4.57 Å². The van der Waals surface area contributed by atoms with E-state index in [4.69, 9.17) is 0 Å². The maximum Gasteiger partial charge on any atom is 0.330 e. The Balaban J connectivity index is 0.000000147. The molecule has 7 aromatic carbocycles. The van der Waals surface area contributed by atoms with Gasteiger partial charge in [-0.25, -0.2) is 37.0 Å². The van der Waals surface area contributed by atoms with E-state index >= 15 is 0 Å². The monoisotopic (exact) mass is 1440 g/mol. The highest BCUT2D eigenvalue weighted by molar-refractivity contribution is 5.67. The molecule has 10 heteroatoms. The summed E-state index contributed by atoms with van der Waals surface area (Å²) in [4.78, 5) is 4.43. The fourth-order valence-electron chi connectivity index (χ4n) is 13.8. The molecule has 0 aliphatic rings. The van der Waals surface area contributed by atoms with Crippen LogP contribution in [0.25, 0.3) is 84.9 Å². The molecule has 0 saturated heterocycles. The third-order valence-corrected chi connectivity index (χ3v) is 19.9. The predicted octanol–water partition coefficient (Wildman–Crippen LogP) is 18.8. The van der Waals surface area contributed by atoms with E-state index in [0.29, 0.717) is 0 Å². The lowest BCUT2D eigenvalue weighted by Gasteiger charge is -2.07. The van der Waals surface area contributed by atoms with Crippen LogP contribution in [0.1, 0.15) is 72.3 Å². The molecule has 0 aliphatic carbocycles. The second-order valence-corrected chi connectivity index (χ2v) is 28.7. The summed E-state index contributed by atoms with van der Waals surface area (Å²) in [6.07, 6.45) is 20.7. The number of benzene rings is 7. The number of aromatic nitrogens is 10. The van der Waals surface area contributed by atoms with Crippen LogP contribution in [0, 0.1) is 90.0 Å². The molecular formula is C99H113N10+7. The van der Waals surface area contributed by atoms with Crippen molar-refractivity contribution in [1.29, 1.82) is 0 Å². The molecule has 8 aromatic heterocycles. The van der Waals surface area contributed by atoms with E-state index in [1.54, 1.807) is 0 Å². The molecule has 0 N–H and O–H groups in total. The van der Waals surface area contributed by atoms with Crippen molar-refractivity contribution in [3.63, 3.8) is 0 Å². The zero-order chi connectivity index (χ0) is 78.4. The van der Waals surface area contributed by atoms with E-state index in [0.717, 1.165) is 17.3 Å². The fraction of sp³-hybridized carbons (Fsp3) is 0.212. The van der Waals surface area contributed by atoms with Crippen LogP contribution < -0.4 is 32.0 Å². The number of hydrogen-bond donors (Lipinski definition) is 0. The second-order valence-electron chi connectivity index (χ2n) is 28.7. The van der Waals surface area contributed by atoms with E-state index in [9.17, 15) is 0 Å². The SMILES string of the molecule is Cc1cc(-c2ccccc2C)[n+](C)cc1C.Cc1cc(C)c(-c2ccccc2C)[n+](C)c1.Cc1cc[n+](C)c(-c2ccccc2C)c1.Cc1ccc(-c2ccccc2C)[n+](C)c1.Cc1ccccc1-c1c(C)ccc[n+]1C.Cc1ccccc1-c1cccc[n+]1C.Cn1ccnc1-c1n(-c2ccccc2)cc[n+]1C. The lowest BCUT2D eigenvalue weighted by Crippen LogP contribution is -2.32. The molecule has 109 heavy (non-hydrogen) atoms. The van der Waals surface area contributed by atoms with Crippen LogP contribution >= 0.6 is 0 Å². The molecular weight excluding hydrogens is 1330 g/mol. The van der Waals surface area contributed by atoms with Gasteiger partial charge in [-0.3, -0.25) is 0 Å². The Morgan fingerprint density at radius 1 is 0.257 bits per heavy atom. The van der Waals surface area contributed by atoms with E-state index in [-0.39, 0.29) is 0 Å². The van der Waals surface area contributed by atoms with Gasteiger partial charge >= 0.3 is 5.82 Å². The number of para-hydroxylation sites is 1. The van der Waals surface area contributed by atoms with Crippen LogP contribution in [-0.2, 0) is 56.4 Å².